The zero-order valence-electron chi connectivity index (χ0n) is 9.58. The summed E-state index contributed by atoms with van der Waals surface area (Å²) in [5, 5.41) is 12.0. The molecule has 1 aromatic rings. The number of aromatic carboxylic acids is 1. The summed E-state index contributed by atoms with van der Waals surface area (Å²) in [4.78, 5) is 10.8. The summed E-state index contributed by atoms with van der Waals surface area (Å²) in [5.74, 6) is -0.968. The van der Waals surface area contributed by atoms with Crippen LogP contribution < -0.4 is 5.32 Å². The first kappa shape index (κ1) is 12.0. The third-order valence-electron chi connectivity index (χ3n) is 3.19. The van der Waals surface area contributed by atoms with Gasteiger partial charge in [-0.2, -0.15) is 0 Å². The number of nitrogens with one attached hydrogen (secondary N) is 1. The lowest BCUT2D eigenvalue weighted by Gasteiger charge is -2.30. The highest BCUT2D eigenvalue weighted by molar-refractivity contribution is 5.87. The second-order valence-corrected chi connectivity index (χ2v) is 4.58. The van der Waals surface area contributed by atoms with Gasteiger partial charge < -0.3 is 10.4 Å². The molecule has 0 aliphatic carbocycles. The Bertz CT molecular complexity index is 414. The average molecular weight is 237 g/mol. The number of hydrogen-bond acceptors (Lipinski definition) is 2. The van der Waals surface area contributed by atoms with E-state index in [4.69, 9.17) is 5.11 Å². The third-order valence-corrected chi connectivity index (χ3v) is 3.19. The van der Waals surface area contributed by atoms with Crippen molar-refractivity contribution in [3.8, 4) is 0 Å². The van der Waals surface area contributed by atoms with Crippen molar-refractivity contribution in [3.63, 3.8) is 0 Å². The van der Waals surface area contributed by atoms with Crippen LogP contribution in [0.3, 0.4) is 0 Å². The van der Waals surface area contributed by atoms with Crippen LogP contribution in [0.2, 0.25) is 0 Å². The van der Waals surface area contributed by atoms with E-state index < -0.39 is 11.6 Å². The van der Waals surface area contributed by atoms with Crippen LogP contribution >= 0.6 is 0 Å². The predicted octanol–water partition coefficient (Wildman–Crippen LogP) is 2.02. The van der Waals surface area contributed by atoms with E-state index in [1.54, 1.807) is 18.2 Å². The Morgan fingerprint density at radius 2 is 2.12 bits per heavy atom. The third kappa shape index (κ3) is 3.03. The summed E-state index contributed by atoms with van der Waals surface area (Å²) in [7, 11) is 0. The minimum absolute atomic E-state index is 0.222. The molecule has 2 rings (SSSR count). The van der Waals surface area contributed by atoms with Crippen molar-refractivity contribution >= 4 is 5.97 Å². The first-order valence-electron chi connectivity index (χ1n) is 5.81. The van der Waals surface area contributed by atoms with Crippen LogP contribution in [0.4, 0.5) is 4.39 Å². The number of halogens is 1. The lowest BCUT2D eigenvalue weighted by atomic mass is 9.87. The fourth-order valence-electron chi connectivity index (χ4n) is 2.23. The zero-order chi connectivity index (χ0) is 12.3. The van der Waals surface area contributed by atoms with Gasteiger partial charge in [-0.15, -0.1) is 0 Å². The molecule has 0 unspecified atom stereocenters. The molecule has 17 heavy (non-hydrogen) atoms. The monoisotopic (exact) mass is 237 g/mol. The van der Waals surface area contributed by atoms with Crippen LogP contribution in [0.5, 0.6) is 0 Å². The Kier molecular flexibility index (Phi) is 3.43. The van der Waals surface area contributed by atoms with Gasteiger partial charge in [0.25, 0.3) is 0 Å². The van der Waals surface area contributed by atoms with E-state index in [0.29, 0.717) is 32.4 Å². The van der Waals surface area contributed by atoms with E-state index in [1.165, 1.54) is 6.07 Å². The first-order chi connectivity index (χ1) is 8.09. The Hall–Kier alpha value is -1.42. The van der Waals surface area contributed by atoms with Crippen molar-refractivity contribution in [2.24, 2.45) is 0 Å². The Morgan fingerprint density at radius 1 is 1.41 bits per heavy atom. The van der Waals surface area contributed by atoms with Crippen LogP contribution in [0.1, 0.15) is 28.8 Å². The van der Waals surface area contributed by atoms with Gasteiger partial charge in [-0.25, -0.2) is 9.18 Å². The smallest absolute Gasteiger partial charge is 0.335 e. The van der Waals surface area contributed by atoms with Crippen molar-refractivity contribution in [2.45, 2.75) is 24.9 Å². The van der Waals surface area contributed by atoms with E-state index in [-0.39, 0.29) is 5.56 Å². The van der Waals surface area contributed by atoms with Gasteiger partial charge in [0.15, 0.2) is 0 Å². The first-order valence-corrected chi connectivity index (χ1v) is 5.81. The molecule has 1 saturated heterocycles. The minimum atomic E-state index is -1.19. The maximum absolute atomic E-state index is 14.4. The lowest BCUT2D eigenvalue weighted by molar-refractivity contribution is 0.0696. The van der Waals surface area contributed by atoms with Crippen molar-refractivity contribution in [2.75, 3.05) is 13.1 Å². The van der Waals surface area contributed by atoms with E-state index >= 15 is 0 Å². The number of rotatable bonds is 3. The molecular formula is C13H16FNO2. The molecule has 4 heteroatoms. The van der Waals surface area contributed by atoms with Gasteiger partial charge in [-0.3, -0.25) is 0 Å². The zero-order valence-corrected chi connectivity index (χ0v) is 9.58. The van der Waals surface area contributed by atoms with Crippen LogP contribution in [0.25, 0.3) is 0 Å². The van der Waals surface area contributed by atoms with Crippen LogP contribution in [0.15, 0.2) is 24.3 Å². The summed E-state index contributed by atoms with van der Waals surface area (Å²) in [6, 6.07) is 6.55. The van der Waals surface area contributed by atoms with E-state index in [2.05, 4.69) is 5.32 Å². The predicted molar refractivity (Wildman–Crippen MR) is 63.0 cm³/mol. The van der Waals surface area contributed by atoms with Gasteiger partial charge in [-0.05, 0) is 43.6 Å². The topological polar surface area (TPSA) is 49.3 Å². The second kappa shape index (κ2) is 4.84. The van der Waals surface area contributed by atoms with Gasteiger partial charge in [0.2, 0.25) is 0 Å². The maximum Gasteiger partial charge on any atom is 0.335 e. The Balaban J connectivity index is 2.12. The SMILES string of the molecule is O=C(O)c1cccc(CC2(F)CCNCC2)c1. The standard InChI is InChI=1S/C13H16FNO2/c14-13(4-6-15-7-5-13)9-10-2-1-3-11(8-10)12(16)17/h1-3,8,15H,4-7,9H2,(H,16,17). The average Bonchev–Trinajstić information content (AvgIpc) is 2.29. The normalized spacial score (nSPS) is 18.9. The highest BCUT2D eigenvalue weighted by Crippen LogP contribution is 2.27. The molecule has 0 saturated carbocycles. The summed E-state index contributed by atoms with van der Waals surface area (Å²) < 4.78 is 14.4. The Labute approximate surface area is 99.7 Å². The number of hydrogen-bond donors (Lipinski definition) is 2. The fraction of sp³-hybridized carbons (Fsp3) is 0.462. The molecule has 0 radical (unpaired) electrons. The summed E-state index contributed by atoms with van der Waals surface area (Å²) >= 11 is 0. The molecule has 0 atom stereocenters. The fourth-order valence-corrected chi connectivity index (χ4v) is 2.23. The van der Waals surface area contributed by atoms with Crippen molar-refractivity contribution < 1.29 is 14.3 Å². The van der Waals surface area contributed by atoms with E-state index in [1.807, 2.05) is 0 Å². The van der Waals surface area contributed by atoms with Gasteiger partial charge in [0.05, 0.1) is 5.56 Å². The maximum atomic E-state index is 14.4. The minimum Gasteiger partial charge on any atom is -0.478 e. The molecule has 1 fully saturated rings. The van der Waals surface area contributed by atoms with Crippen molar-refractivity contribution in [3.05, 3.63) is 35.4 Å². The van der Waals surface area contributed by atoms with Crippen LogP contribution in [0, 0.1) is 0 Å². The number of benzene rings is 1. The largest absolute Gasteiger partial charge is 0.478 e. The van der Waals surface area contributed by atoms with Crippen molar-refractivity contribution in [1.29, 1.82) is 0 Å². The van der Waals surface area contributed by atoms with Crippen LogP contribution in [-0.2, 0) is 6.42 Å². The molecule has 1 aliphatic heterocycles. The van der Waals surface area contributed by atoms with Gasteiger partial charge >= 0.3 is 5.97 Å². The van der Waals surface area contributed by atoms with Crippen molar-refractivity contribution in [1.82, 2.24) is 5.32 Å². The molecule has 0 aromatic heterocycles. The second-order valence-electron chi connectivity index (χ2n) is 4.58. The molecule has 1 aliphatic rings. The molecule has 0 spiro atoms. The molecule has 0 bridgehead atoms. The molecule has 92 valence electrons. The summed E-state index contributed by atoms with van der Waals surface area (Å²) in [6.45, 7) is 1.38. The molecule has 3 nitrogen and oxygen atoms in total. The molecule has 0 amide bonds. The summed E-state index contributed by atoms with van der Waals surface area (Å²) in [6.07, 6.45) is 1.28. The molecule has 1 aromatic carbocycles. The number of alkyl halides is 1. The molecule has 2 N–H and O–H groups in total. The van der Waals surface area contributed by atoms with Gasteiger partial charge in [0.1, 0.15) is 5.67 Å². The highest BCUT2D eigenvalue weighted by atomic mass is 19.1. The quantitative estimate of drug-likeness (QED) is 0.845. The van der Waals surface area contributed by atoms with Crippen LogP contribution in [-0.4, -0.2) is 29.8 Å². The highest BCUT2D eigenvalue weighted by Gasteiger charge is 2.31. The molecular weight excluding hydrogens is 221 g/mol. The molecule has 1 heterocycles. The summed E-state index contributed by atoms with van der Waals surface area (Å²) in [5.41, 5.74) is -0.211. The van der Waals surface area contributed by atoms with E-state index in [0.717, 1.165) is 5.56 Å². The number of carboxylic acid groups (broad SMARTS) is 1. The number of piperidine rings is 1. The number of carbonyl (C=O) groups is 1. The van der Waals surface area contributed by atoms with Gasteiger partial charge in [0, 0.05) is 6.42 Å². The number of carboxylic acids is 1. The van der Waals surface area contributed by atoms with Gasteiger partial charge in [-0.1, -0.05) is 12.1 Å². The Morgan fingerprint density at radius 3 is 2.76 bits per heavy atom. The van der Waals surface area contributed by atoms with E-state index in [9.17, 15) is 9.18 Å². The lowest BCUT2D eigenvalue weighted by Crippen LogP contribution is -2.40.